The van der Waals surface area contributed by atoms with Crippen molar-refractivity contribution in [2.45, 2.75) is 123 Å². The third-order valence-corrected chi connectivity index (χ3v) is 5.99. The molecule has 3 N–H and O–H groups in total. The third-order valence-electron chi connectivity index (χ3n) is 5.99. The molecule has 3 amide bonds. The van der Waals surface area contributed by atoms with Gasteiger partial charge in [-0.1, -0.05) is 65.2 Å². The highest BCUT2D eigenvalue weighted by molar-refractivity contribution is 5.87. The number of hydrogen-bond donors (Lipinski definition) is 3. The van der Waals surface area contributed by atoms with Crippen molar-refractivity contribution < 1.29 is 14.4 Å². The molecular weight excluding hydrogens is 464 g/mol. The lowest BCUT2D eigenvalue weighted by Gasteiger charge is -2.19. The summed E-state index contributed by atoms with van der Waals surface area (Å²) in [6, 6.07) is -0.503. The van der Waals surface area contributed by atoms with Crippen LogP contribution in [-0.4, -0.2) is 62.4 Å². The number of hydrogen-bond acceptors (Lipinski definition) is 4. The first-order valence-electron chi connectivity index (χ1n) is 13.9. The largest absolute Gasteiger partial charge is 0.356 e. The summed E-state index contributed by atoms with van der Waals surface area (Å²) < 4.78 is 0. The van der Waals surface area contributed by atoms with Crippen LogP contribution in [0.5, 0.6) is 0 Å². The van der Waals surface area contributed by atoms with Gasteiger partial charge in [-0.05, 0) is 59.2 Å². The van der Waals surface area contributed by atoms with Crippen LogP contribution < -0.4 is 16.0 Å². The van der Waals surface area contributed by atoms with Gasteiger partial charge in [-0.2, -0.15) is 0 Å². The predicted molar refractivity (Wildman–Crippen MR) is 149 cm³/mol. The van der Waals surface area contributed by atoms with Gasteiger partial charge in [0, 0.05) is 25.9 Å². The highest BCUT2D eigenvalue weighted by atomic mass is 35.5. The zero-order valence-corrected chi connectivity index (χ0v) is 23.9. The van der Waals surface area contributed by atoms with E-state index in [1.54, 1.807) is 0 Å². The number of amides is 3. The van der Waals surface area contributed by atoms with Crippen LogP contribution in [0.25, 0.3) is 0 Å². The van der Waals surface area contributed by atoms with Crippen molar-refractivity contribution in [1.82, 2.24) is 20.9 Å². The van der Waals surface area contributed by atoms with Crippen molar-refractivity contribution in [3.63, 3.8) is 0 Å². The lowest BCUT2D eigenvalue weighted by atomic mass is 10.1. The molecule has 0 aliphatic heterocycles. The Bertz CT molecular complexity index is 533. The highest BCUT2D eigenvalue weighted by Gasteiger charge is 2.20. The van der Waals surface area contributed by atoms with Crippen LogP contribution in [0.1, 0.15) is 117 Å². The molecule has 0 aromatic rings. The van der Waals surface area contributed by atoms with Gasteiger partial charge in [-0.15, -0.1) is 12.4 Å². The highest BCUT2D eigenvalue weighted by Crippen LogP contribution is 2.07. The number of nitrogens with one attached hydrogen (secondary N) is 3. The summed E-state index contributed by atoms with van der Waals surface area (Å²) in [5.41, 5.74) is 0. The van der Waals surface area contributed by atoms with Crippen LogP contribution in [0, 0.1) is 0 Å². The van der Waals surface area contributed by atoms with E-state index in [0.29, 0.717) is 32.4 Å². The van der Waals surface area contributed by atoms with Crippen molar-refractivity contribution in [1.29, 1.82) is 0 Å². The monoisotopic (exact) mass is 518 g/mol. The van der Waals surface area contributed by atoms with Crippen LogP contribution >= 0.6 is 12.4 Å². The SMILES string of the molecule is CCCCCCCC(=O)NCCCCC(NC(=O)CCCCCCC)C(=O)NCCCN(C)C.Cl. The second-order valence-electron chi connectivity index (χ2n) is 9.74. The predicted octanol–water partition coefficient (Wildman–Crippen LogP) is 4.97. The van der Waals surface area contributed by atoms with E-state index in [1.165, 1.54) is 32.1 Å². The smallest absolute Gasteiger partial charge is 0.242 e. The molecule has 208 valence electrons. The first kappa shape index (κ1) is 35.8. The molecule has 0 aromatic carbocycles. The molecule has 0 aliphatic rings. The van der Waals surface area contributed by atoms with Gasteiger partial charge in [0.2, 0.25) is 17.7 Å². The Morgan fingerprint density at radius 2 is 1.20 bits per heavy atom. The van der Waals surface area contributed by atoms with E-state index in [-0.39, 0.29) is 30.1 Å². The maximum Gasteiger partial charge on any atom is 0.242 e. The molecule has 1 unspecified atom stereocenters. The topological polar surface area (TPSA) is 90.5 Å². The summed E-state index contributed by atoms with van der Waals surface area (Å²) in [5.74, 6) is -0.0291. The number of halogens is 1. The van der Waals surface area contributed by atoms with Gasteiger partial charge in [0.1, 0.15) is 6.04 Å². The fourth-order valence-electron chi connectivity index (χ4n) is 3.83. The van der Waals surface area contributed by atoms with Crippen molar-refractivity contribution in [2.75, 3.05) is 33.7 Å². The fraction of sp³-hybridized carbons (Fsp3) is 0.889. The second kappa shape index (κ2) is 25.7. The lowest BCUT2D eigenvalue weighted by Crippen LogP contribution is -2.47. The standard InChI is InChI=1S/C27H54N4O3.ClH/c1-5-7-9-11-13-19-25(32)28-21-16-15-18-24(27(34)29-22-17-23-31(3)4)30-26(33)20-14-12-10-8-6-2;/h24H,5-23H2,1-4H3,(H,28,32)(H,29,34)(H,30,33);1H. The molecule has 0 radical (unpaired) electrons. The van der Waals surface area contributed by atoms with Gasteiger partial charge in [-0.25, -0.2) is 0 Å². The number of unbranched alkanes of at least 4 members (excludes halogenated alkanes) is 9. The zero-order valence-electron chi connectivity index (χ0n) is 23.1. The number of carbonyl (C=O) groups excluding carboxylic acids is 3. The molecule has 0 spiro atoms. The van der Waals surface area contributed by atoms with E-state index >= 15 is 0 Å². The summed E-state index contributed by atoms with van der Waals surface area (Å²) in [4.78, 5) is 39.1. The van der Waals surface area contributed by atoms with Crippen molar-refractivity contribution in [3.8, 4) is 0 Å². The van der Waals surface area contributed by atoms with E-state index < -0.39 is 6.04 Å². The van der Waals surface area contributed by atoms with Crippen molar-refractivity contribution in [3.05, 3.63) is 0 Å². The molecule has 0 aromatic heterocycles. The Kier molecular flexibility index (Phi) is 26.3. The molecule has 1 atom stereocenters. The Morgan fingerprint density at radius 3 is 1.77 bits per heavy atom. The van der Waals surface area contributed by atoms with Crippen LogP contribution in [0.2, 0.25) is 0 Å². The van der Waals surface area contributed by atoms with Gasteiger partial charge < -0.3 is 20.9 Å². The minimum Gasteiger partial charge on any atom is -0.356 e. The molecule has 0 fully saturated rings. The molecule has 0 heterocycles. The molecule has 35 heavy (non-hydrogen) atoms. The van der Waals surface area contributed by atoms with Crippen LogP contribution in [0.3, 0.4) is 0 Å². The van der Waals surface area contributed by atoms with E-state index in [2.05, 4.69) is 34.7 Å². The summed E-state index contributed by atoms with van der Waals surface area (Å²) in [6.45, 7) is 6.50. The summed E-state index contributed by atoms with van der Waals surface area (Å²) in [7, 11) is 4.02. The average Bonchev–Trinajstić information content (AvgIpc) is 2.80. The molecule has 0 saturated carbocycles. The van der Waals surface area contributed by atoms with E-state index in [0.717, 1.165) is 57.9 Å². The molecule has 0 aliphatic carbocycles. The second-order valence-corrected chi connectivity index (χ2v) is 9.74. The van der Waals surface area contributed by atoms with Crippen LogP contribution in [-0.2, 0) is 14.4 Å². The Morgan fingerprint density at radius 1 is 0.657 bits per heavy atom. The maximum atomic E-state index is 12.7. The normalized spacial score (nSPS) is 11.6. The first-order chi connectivity index (χ1) is 16.4. The Balaban J connectivity index is 0. The van der Waals surface area contributed by atoms with E-state index in [4.69, 9.17) is 0 Å². The lowest BCUT2D eigenvalue weighted by molar-refractivity contribution is -0.129. The summed E-state index contributed by atoms with van der Waals surface area (Å²) in [6.07, 6.45) is 15.3. The van der Waals surface area contributed by atoms with Crippen LogP contribution in [0.15, 0.2) is 0 Å². The van der Waals surface area contributed by atoms with Gasteiger partial charge in [0.05, 0.1) is 0 Å². The molecule has 0 saturated heterocycles. The summed E-state index contributed by atoms with van der Waals surface area (Å²) >= 11 is 0. The fourth-order valence-corrected chi connectivity index (χ4v) is 3.83. The molecule has 0 bridgehead atoms. The minimum absolute atomic E-state index is 0. The Hall–Kier alpha value is -1.34. The van der Waals surface area contributed by atoms with Gasteiger partial charge in [0.25, 0.3) is 0 Å². The third kappa shape index (κ3) is 24.1. The number of rotatable bonds is 23. The van der Waals surface area contributed by atoms with Gasteiger partial charge in [0.15, 0.2) is 0 Å². The van der Waals surface area contributed by atoms with Crippen LogP contribution in [0.4, 0.5) is 0 Å². The van der Waals surface area contributed by atoms with Crippen molar-refractivity contribution in [2.24, 2.45) is 0 Å². The van der Waals surface area contributed by atoms with Gasteiger partial charge >= 0.3 is 0 Å². The first-order valence-corrected chi connectivity index (χ1v) is 13.9. The van der Waals surface area contributed by atoms with Crippen molar-refractivity contribution >= 4 is 30.1 Å². The average molecular weight is 519 g/mol. The van der Waals surface area contributed by atoms with Gasteiger partial charge in [-0.3, -0.25) is 14.4 Å². The zero-order chi connectivity index (χ0) is 25.4. The molecule has 0 rings (SSSR count). The van der Waals surface area contributed by atoms with E-state index in [9.17, 15) is 14.4 Å². The molecular formula is C27H55ClN4O3. The summed E-state index contributed by atoms with van der Waals surface area (Å²) in [5, 5.41) is 8.91. The minimum atomic E-state index is -0.503. The molecule has 7 nitrogen and oxygen atoms in total. The maximum absolute atomic E-state index is 12.7. The quantitative estimate of drug-likeness (QED) is 0.167. The number of nitrogens with zero attached hydrogens (tertiary/aromatic N) is 1. The number of carbonyl (C=O) groups is 3. The molecule has 8 heteroatoms. The van der Waals surface area contributed by atoms with E-state index in [1.807, 2.05) is 14.1 Å². The Labute approximate surface area is 221 Å².